The first-order valence-electron chi connectivity index (χ1n) is 7.11. The molecule has 0 saturated heterocycles. The van der Waals surface area contributed by atoms with Crippen molar-refractivity contribution in [3.8, 4) is 5.75 Å². The van der Waals surface area contributed by atoms with E-state index in [0.717, 1.165) is 16.8 Å². The van der Waals surface area contributed by atoms with Gasteiger partial charge in [-0.1, -0.05) is 43.6 Å². The largest absolute Gasteiger partial charge is 0.481 e. The fourth-order valence-corrected chi connectivity index (χ4v) is 2.31. The minimum Gasteiger partial charge on any atom is -0.481 e. The van der Waals surface area contributed by atoms with E-state index in [1.807, 2.05) is 25.1 Å². The van der Waals surface area contributed by atoms with Crippen LogP contribution in [-0.2, 0) is 4.79 Å². The Hall–Kier alpha value is -2.07. The average molecular weight is 319 g/mol. The van der Waals surface area contributed by atoms with E-state index in [4.69, 9.17) is 16.3 Å². The molecule has 4 nitrogen and oxygen atoms in total. The standard InChI is InChI=1S/C17H19ClN2O2/c1-11(2)13-7-4-6-12(3)16(13)20-15(21)10-22-14-8-5-9-19-17(14)18/h4-9,11H,10H2,1-3H3,(H,20,21). The third kappa shape index (κ3) is 3.98. The molecular weight excluding hydrogens is 300 g/mol. The summed E-state index contributed by atoms with van der Waals surface area (Å²) in [5, 5.41) is 3.17. The van der Waals surface area contributed by atoms with Crippen molar-refractivity contribution in [1.29, 1.82) is 0 Å². The van der Waals surface area contributed by atoms with Gasteiger partial charge >= 0.3 is 0 Å². The van der Waals surface area contributed by atoms with E-state index in [1.165, 1.54) is 0 Å². The Kier molecular flexibility index (Phi) is 5.39. The summed E-state index contributed by atoms with van der Waals surface area (Å²) in [6.07, 6.45) is 1.57. The highest BCUT2D eigenvalue weighted by atomic mass is 35.5. The van der Waals surface area contributed by atoms with E-state index >= 15 is 0 Å². The first kappa shape index (κ1) is 16.3. The van der Waals surface area contributed by atoms with Gasteiger partial charge in [0, 0.05) is 11.9 Å². The number of carbonyl (C=O) groups excluding carboxylic acids is 1. The molecule has 0 radical (unpaired) electrons. The van der Waals surface area contributed by atoms with Crippen LogP contribution >= 0.6 is 11.6 Å². The minimum absolute atomic E-state index is 0.114. The number of halogens is 1. The Balaban J connectivity index is 2.05. The zero-order chi connectivity index (χ0) is 16.1. The maximum atomic E-state index is 12.1. The van der Waals surface area contributed by atoms with Crippen molar-refractivity contribution < 1.29 is 9.53 Å². The van der Waals surface area contributed by atoms with Crippen LogP contribution in [0.1, 0.15) is 30.9 Å². The number of anilines is 1. The zero-order valence-electron chi connectivity index (χ0n) is 12.9. The highest BCUT2D eigenvalue weighted by molar-refractivity contribution is 6.30. The smallest absolute Gasteiger partial charge is 0.262 e. The second-order valence-corrected chi connectivity index (χ2v) is 5.68. The summed E-state index contributed by atoms with van der Waals surface area (Å²) in [5.74, 6) is 0.494. The molecule has 1 aromatic heterocycles. The van der Waals surface area contributed by atoms with Crippen molar-refractivity contribution in [1.82, 2.24) is 4.98 Å². The van der Waals surface area contributed by atoms with E-state index in [1.54, 1.807) is 18.3 Å². The Morgan fingerprint density at radius 3 is 2.77 bits per heavy atom. The number of nitrogens with zero attached hydrogens (tertiary/aromatic N) is 1. The summed E-state index contributed by atoms with van der Waals surface area (Å²) in [6.45, 7) is 6.05. The molecule has 1 aromatic carbocycles. The van der Waals surface area contributed by atoms with Crippen LogP contribution in [0.25, 0.3) is 0 Å². The van der Waals surface area contributed by atoms with Crippen LogP contribution in [0, 0.1) is 6.92 Å². The molecule has 2 aromatic rings. The van der Waals surface area contributed by atoms with Gasteiger partial charge in [0.05, 0.1) is 0 Å². The molecule has 116 valence electrons. The molecule has 22 heavy (non-hydrogen) atoms. The van der Waals surface area contributed by atoms with Gasteiger partial charge in [0.15, 0.2) is 17.5 Å². The van der Waals surface area contributed by atoms with Crippen molar-refractivity contribution >= 4 is 23.2 Å². The Morgan fingerprint density at radius 2 is 2.09 bits per heavy atom. The highest BCUT2D eigenvalue weighted by Gasteiger charge is 2.13. The van der Waals surface area contributed by atoms with Gasteiger partial charge < -0.3 is 10.1 Å². The lowest BCUT2D eigenvalue weighted by atomic mass is 9.98. The van der Waals surface area contributed by atoms with Gasteiger partial charge in [-0.15, -0.1) is 0 Å². The quantitative estimate of drug-likeness (QED) is 0.841. The third-order valence-electron chi connectivity index (χ3n) is 3.28. The number of carbonyl (C=O) groups is 1. The van der Waals surface area contributed by atoms with Crippen LogP contribution in [0.4, 0.5) is 5.69 Å². The van der Waals surface area contributed by atoms with Gasteiger partial charge in [0.25, 0.3) is 5.91 Å². The summed E-state index contributed by atoms with van der Waals surface area (Å²) in [5.41, 5.74) is 2.98. The van der Waals surface area contributed by atoms with Crippen LogP contribution in [-0.4, -0.2) is 17.5 Å². The summed E-state index contributed by atoms with van der Waals surface area (Å²) < 4.78 is 5.40. The molecule has 5 heteroatoms. The van der Waals surface area contributed by atoms with Crippen LogP contribution < -0.4 is 10.1 Å². The summed E-state index contributed by atoms with van der Waals surface area (Å²) in [4.78, 5) is 16.0. The molecule has 0 bridgehead atoms. The van der Waals surface area contributed by atoms with Gasteiger partial charge in [-0.3, -0.25) is 4.79 Å². The number of benzene rings is 1. The number of hydrogen-bond acceptors (Lipinski definition) is 3. The Labute approximate surface area is 135 Å². The normalized spacial score (nSPS) is 10.6. The van der Waals surface area contributed by atoms with Crippen molar-refractivity contribution in [2.45, 2.75) is 26.7 Å². The molecule has 0 unspecified atom stereocenters. The number of hydrogen-bond donors (Lipinski definition) is 1. The molecule has 1 amide bonds. The monoisotopic (exact) mass is 318 g/mol. The predicted octanol–water partition coefficient (Wildman–Crippen LogP) is 4.18. The molecule has 0 fully saturated rings. The van der Waals surface area contributed by atoms with Gasteiger partial charge in [-0.2, -0.15) is 0 Å². The first-order valence-corrected chi connectivity index (χ1v) is 7.49. The van der Waals surface area contributed by atoms with E-state index < -0.39 is 0 Å². The fraction of sp³-hybridized carbons (Fsp3) is 0.294. The van der Waals surface area contributed by atoms with Crippen molar-refractivity contribution in [3.63, 3.8) is 0 Å². The number of aromatic nitrogens is 1. The first-order chi connectivity index (χ1) is 10.5. The molecule has 1 heterocycles. The molecule has 0 atom stereocenters. The van der Waals surface area contributed by atoms with E-state index in [2.05, 4.69) is 24.1 Å². The number of aryl methyl sites for hydroxylation is 1. The lowest BCUT2D eigenvalue weighted by Gasteiger charge is -2.16. The summed E-state index contributed by atoms with van der Waals surface area (Å²) in [7, 11) is 0. The lowest BCUT2D eigenvalue weighted by molar-refractivity contribution is -0.118. The fourth-order valence-electron chi connectivity index (χ4n) is 2.14. The maximum Gasteiger partial charge on any atom is 0.262 e. The number of nitrogens with one attached hydrogen (secondary N) is 1. The van der Waals surface area contributed by atoms with Crippen LogP contribution in [0.3, 0.4) is 0 Å². The molecule has 2 rings (SSSR count). The molecule has 0 saturated carbocycles. The SMILES string of the molecule is Cc1cccc(C(C)C)c1NC(=O)COc1cccnc1Cl. The van der Waals surface area contributed by atoms with Gasteiger partial charge in [0.2, 0.25) is 0 Å². The highest BCUT2D eigenvalue weighted by Crippen LogP contribution is 2.27. The Bertz CT molecular complexity index is 671. The minimum atomic E-state index is -0.226. The van der Waals surface area contributed by atoms with Crippen LogP contribution in [0.15, 0.2) is 36.5 Å². The number of para-hydroxylation sites is 1. The predicted molar refractivity (Wildman–Crippen MR) is 88.6 cm³/mol. The van der Waals surface area contributed by atoms with Gasteiger partial charge in [0.1, 0.15) is 0 Å². The number of pyridine rings is 1. The zero-order valence-corrected chi connectivity index (χ0v) is 13.6. The third-order valence-corrected chi connectivity index (χ3v) is 3.56. The second kappa shape index (κ2) is 7.27. The second-order valence-electron chi connectivity index (χ2n) is 5.32. The average Bonchev–Trinajstić information content (AvgIpc) is 2.48. The van der Waals surface area contributed by atoms with Crippen LogP contribution in [0.2, 0.25) is 5.15 Å². The molecule has 0 aliphatic carbocycles. The van der Waals surface area contributed by atoms with Gasteiger partial charge in [-0.25, -0.2) is 4.98 Å². The molecule has 0 aliphatic heterocycles. The molecule has 1 N–H and O–H groups in total. The number of rotatable bonds is 5. The van der Waals surface area contributed by atoms with Crippen molar-refractivity contribution in [3.05, 3.63) is 52.8 Å². The Morgan fingerprint density at radius 1 is 1.32 bits per heavy atom. The van der Waals surface area contributed by atoms with E-state index in [-0.39, 0.29) is 17.7 Å². The molecule has 0 aliphatic rings. The van der Waals surface area contributed by atoms with E-state index in [9.17, 15) is 4.79 Å². The van der Waals surface area contributed by atoms with Crippen molar-refractivity contribution in [2.24, 2.45) is 0 Å². The summed E-state index contributed by atoms with van der Waals surface area (Å²) in [6, 6.07) is 9.37. The topological polar surface area (TPSA) is 51.2 Å². The van der Waals surface area contributed by atoms with Gasteiger partial charge in [-0.05, 0) is 36.1 Å². The number of amides is 1. The maximum absolute atomic E-state index is 12.1. The summed E-state index contributed by atoms with van der Waals surface area (Å²) >= 11 is 5.89. The lowest BCUT2D eigenvalue weighted by Crippen LogP contribution is -2.21. The molecule has 0 spiro atoms. The van der Waals surface area contributed by atoms with Crippen molar-refractivity contribution in [2.75, 3.05) is 11.9 Å². The number of ether oxygens (including phenoxy) is 1. The van der Waals surface area contributed by atoms with Crippen LogP contribution in [0.5, 0.6) is 5.75 Å². The van der Waals surface area contributed by atoms with E-state index in [0.29, 0.717) is 11.7 Å². The molecular formula is C17H19ClN2O2.